The molecule has 1 fully saturated rings. The normalized spacial score (nSPS) is 15.8. The van der Waals surface area contributed by atoms with Gasteiger partial charge in [-0.25, -0.2) is 0 Å². The quantitative estimate of drug-likeness (QED) is 0.739. The van der Waals surface area contributed by atoms with E-state index in [1.807, 2.05) is 36.4 Å². The van der Waals surface area contributed by atoms with E-state index in [9.17, 15) is 14.7 Å². The maximum atomic E-state index is 12.4. The molecule has 0 bridgehead atoms. The summed E-state index contributed by atoms with van der Waals surface area (Å²) in [6.07, 6.45) is 4.19. The lowest BCUT2D eigenvalue weighted by Crippen LogP contribution is -2.49. The summed E-state index contributed by atoms with van der Waals surface area (Å²) >= 11 is 0. The third-order valence-corrected chi connectivity index (χ3v) is 4.89. The zero-order valence-corrected chi connectivity index (χ0v) is 16.5. The van der Waals surface area contributed by atoms with Crippen LogP contribution >= 0.6 is 0 Å². The number of piperidine rings is 1. The largest absolute Gasteiger partial charge is 0.508 e. The maximum Gasteiger partial charge on any atom is 0.260 e. The minimum absolute atomic E-state index is 0.0114. The number of phenols is 1. The highest BCUT2D eigenvalue weighted by Crippen LogP contribution is 2.18. The van der Waals surface area contributed by atoms with E-state index in [1.165, 1.54) is 12.1 Å². The predicted octanol–water partition coefficient (Wildman–Crippen LogP) is 2.98. The van der Waals surface area contributed by atoms with Crippen molar-refractivity contribution in [3.63, 3.8) is 0 Å². The minimum atomic E-state index is -0.645. The molecule has 1 aliphatic rings. The monoisotopic (exact) mass is 394 g/mol. The lowest BCUT2D eigenvalue weighted by Gasteiger charge is -2.32. The first kappa shape index (κ1) is 20.5. The van der Waals surface area contributed by atoms with Gasteiger partial charge in [0.05, 0.1) is 0 Å². The Bertz CT molecular complexity index is 841. The predicted molar refractivity (Wildman–Crippen MR) is 111 cm³/mol. The number of nitrogens with one attached hydrogen (secondary N) is 1. The van der Waals surface area contributed by atoms with Gasteiger partial charge in [0.15, 0.2) is 6.10 Å². The Morgan fingerprint density at radius 3 is 2.41 bits per heavy atom. The number of amides is 2. The molecule has 1 aliphatic heterocycles. The van der Waals surface area contributed by atoms with Crippen molar-refractivity contribution >= 4 is 17.9 Å². The number of nitrogens with zero attached hydrogens (tertiary/aromatic N) is 1. The molecule has 2 amide bonds. The molecule has 2 N–H and O–H groups in total. The van der Waals surface area contributed by atoms with Crippen LogP contribution in [-0.2, 0) is 9.59 Å². The fraction of sp³-hybridized carbons (Fsp3) is 0.304. The van der Waals surface area contributed by atoms with Crippen molar-refractivity contribution in [3.05, 3.63) is 66.2 Å². The summed E-state index contributed by atoms with van der Waals surface area (Å²) in [5.74, 6) is 0.472. The highest BCUT2D eigenvalue weighted by molar-refractivity contribution is 5.91. The van der Waals surface area contributed by atoms with Crippen LogP contribution in [-0.4, -0.2) is 47.1 Å². The van der Waals surface area contributed by atoms with Crippen LogP contribution in [0.15, 0.2) is 60.7 Å². The number of rotatable bonds is 6. The summed E-state index contributed by atoms with van der Waals surface area (Å²) in [7, 11) is 0. The number of hydrogen-bond acceptors (Lipinski definition) is 4. The summed E-state index contributed by atoms with van der Waals surface area (Å²) in [5.41, 5.74) is 0.991. The number of phenolic OH excluding ortho intramolecular Hbond substituents is 1. The van der Waals surface area contributed by atoms with Gasteiger partial charge in [-0.3, -0.25) is 9.59 Å². The molecule has 6 nitrogen and oxygen atoms in total. The van der Waals surface area contributed by atoms with Crippen LogP contribution in [0.3, 0.4) is 0 Å². The van der Waals surface area contributed by atoms with E-state index in [4.69, 9.17) is 4.74 Å². The molecule has 0 radical (unpaired) electrons. The van der Waals surface area contributed by atoms with E-state index < -0.39 is 6.10 Å². The second kappa shape index (κ2) is 9.78. The number of aromatic hydroxyl groups is 1. The van der Waals surface area contributed by atoms with Gasteiger partial charge in [-0.2, -0.15) is 0 Å². The van der Waals surface area contributed by atoms with Gasteiger partial charge in [0.25, 0.3) is 5.91 Å². The summed E-state index contributed by atoms with van der Waals surface area (Å²) in [5, 5.41) is 12.3. The smallest absolute Gasteiger partial charge is 0.260 e. The van der Waals surface area contributed by atoms with Crippen LogP contribution in [0.1, 0.15) is 25.3 Å². The highest BCUT2D eigenvalue weighted by Gasteiger charge is 2.25. The fourth-order valence-corrected chi connectivity index (χ4v) is 3.18. The topological polar surface area (TPSA) is 78.9 Å². The number of carbonyl (C=O) groups is 2. The molecule has 1 unspecified atom stereocenters. The number of likely N-dealkylation sites (tertiary alicyclic amines) is 1. The first-order chi connectivity index (χ1) is 14.0. The molecule has 0 spiro atoms. The Balaban J connectivity index is 1.43. The fourth-order valence-electron chi connectivity index (χ4n) is 3.18. The molecule has 0 aliphatic carbocycles. The molecule has 0 saturated carbocycles. The summed E-state index contributed by atoms with van der Waals surface area (Å²) in [6, 6.07) is 16.0. The van der Waals surface area contributed by atoms with Crippen molar-refractivity contribution in [1.29, 1.82) is 0 Å². The summed E-state index contributed by atoms with van der Waals surface area (Å²) in [4.78, 5) is 26.5. The second-order valence-electron chi connectivity index (χ2n) is 7.11. The first-order valence-electron chi connectivity index (χ1n) is 9.79. The number of benzene rings is 2. The van der Waals surface area contributed by atoms with E-state index >= 15 is 0 Å². The zero-order chi connectivity index (χ0) is 20.6. The Hall–Kier alpha value is -3.28. The Kier molecular flexibility index (Phi) is 6.89. The summed E-state index contributed by atoms with van der Waals surface area (Å²) in [6.45, 7) is 2.90. The van der Waals surface area contributed by atoms with Crippen molar-refractivity contribution in [1.82, 2.24) is 10.2 Å². The Labute approximate surface area is 170 Å². The number of hydrogen-bond donors (Lipinski definition) is 2. The molecule has 3 rings (SSSR count). The highest BCUT2D eigenvalue weighted by atomic mass is 16.5. The third kappa shape index (κ3) is 6.10. The molecule has 1 heterocycles. The van der Waals surface area contributed by atoms with Crippen molar-refractivity contribution in [2.45, 2.75) is 31.9 Å². The maximum absolute atomic E-state index is 12.4. The van der Waals surface area contributed by atoms with E-state index in [0.29, 0.717) is 31.7 Å². The minimum Gasteiger partial charge on any atom is -0.508 e. The van der Waals surface area contributed by atoms with Gasteiger partial charge in [0.1, 0.15) is 11.5 Å². The SMILES string of the molecule is CC(Oc1ccc(O)cc1)C(=O)NC1CCN(C(=O)/C=C/c2ccccc2)CC1. The molecule has 2 aromatic carbocycles. The molecule has 152 valence electrons. The molecule has 2 aromatic rings. The van der Waals surface area contributed by atoms with Crippen molar-refractivity contribution < 1.29 is 19.4 Å². The number of ether oxygens (including phenoxy) is 1. The van der Waals surface area contributed by atoms with Crippen LogP contribution in [0.2, 0.25) is 0 Å². The average molecular weight is 394 g/mol. The molecular weight excluding hydrogens is 368 g/mol. The van der Waals surface area contributed by atoms with Crippen LogP contribution in [0.25, 0.3) is 6.08 Å². The second-order valence-corrected chi connectivity index (χ2v) is 7.11. The van der Waals surface area contributed by atoms with Crippen molar-refractivity contribution in [2.75, 3.05) is 13.1 Å². The Morgan fingerprint density at radius 2 is 1.76 bits per heavy atom. The molecule has 1 atom stereocenters. The van der Waals surface area contributed by atoms with Gasteiger partial charge < -0.3 is 20.1 Å². The lowest BCUT2D eigenvalue weighted by molar-refractivity contribution is -0.129. The van der Waals surface area contributed by atoms with E-state index in [1.54, 1.807) is 30.0 Å². The van der Waals surface area contributed by atoms with Gasteiger partial charge in [-0.1, -0.05) is 30.3 Å². The first-order valence-corrected chi connectivity index (χ1v) is 9.79. The van der Waals surface area contributed by atoms with E-state index in [-0.39, 0.29) is 23.6 Å². The van der Waals surface area contributed by atoms with Crippen molar-refractivity contribution in [2.24, 2.45) is 0 Å². The molecule has 1 saturated heterocycles. The van der Waals surface area contributed by atoms with Crippen LogP contribution in [0.4, 0.5) is 0 Å². The van der Waals surface area contributed by atoms with Crippen LogP contribution < -0.4 is 10.1 Å². The molecule has 0 aromatic heterocycles. The van der Waals surface area contributed by atoms with Crippen molar-refractivity contribution in [3.8, 4) is 11.5 Å². The average Bonchev–Trinajstić information content (AvgIpc) is 2.75. The van der Waals surface area contributed by atoms with Crippen LogP contribution in [0.5, 0.6) is 11.5 Å². The van der Waals surface area contributed by atoms with Gasteiger partial charge in [0, 0.05) is 25.2 Å². The summed E-state index contributed by atoms with van der Waals surface area (Å²) < 4.78 is 5.61. The van der Waals surface area contributed by atoms with Gasteiger partial charge in [-0.15, -0.1) is 0 Å². The third-order valence-electron chi connectivity index (χ3n) is 4.89. The van der Waals surface area contributed by atoms with Gasteiger partial charge >= 0.3 is 0 Å². The molecule has 29 heavy (non-hydrogen) atoms. The van der Waals surface area contributed by atoms with Gasteiger partial charge in [-0.05, 0) is 55.7 Å². The lowest BCUT2D eigenvalue weighted by atomic mass is 10.0. The zero-order valence-electron chi connectivity index (χ0n) is 16.5. The number of carbonyl (C=O) groups excluding carboxylic acids is 2. The molecular formula is C23H26N2O4. The molecule has 6 heteroatoms. The van der Waals surface area contributed by atoms with E-state index in [2.05, 4.69) is 5.32 Å². The van der Waals surface area contributed by atoms with Gasteiger partial charge in [0.2, 0.25) is 5.91 Å². The Morgan fingerprint density at radius 1 is 1.10 bits per heavy atom. The van der Waals surface area contributed by atoms with E-state index in [0.717, 1.165) is 5.56 Å². The van der Waals surface area contributed by atoms with Crippen LogP contribution in [0, 0.1) is 0 Å². The standard InChI is InChI=1S/C23H26N2O4/c1-17(29-21-10-8-20(26)9-11-21)23(28)24-19-13-15-25(16-14-19)22(27)12-7-18-5-3-2-4-6-18/h2-12,17,19,26H,13-16H2,1H3,(H,24,28)/b12-7+.